The molecule has 0 atom stereocenters. The Bertz CT molecular complexity index is 881. The summed E-state index contributed by atoms with van der Waals surface area (Å²) < 4.78 is 6.02. The average Bonchev–Trinajstić information content (AvgIpc) is 3.20. The van der Waals surface area contributed by atoms with Crippen molar-refractivity contribution >= 4 is 11.3 Å². The third-order valence-electron chi connectivity index (χ3n) is 5.49. The van der Waals surface area contributed by atoms with E-state index in [9.17, 15) is 0 Å². The van der Waals surface area contributed by atoms with E-state index in [-0.39, 0.29) is 0 Å². The highest BCUT2D eigenvalue weighted by Gasteiger charge is 2.11. The molecular formula is C27H36N2OS. The molecule has 0 saturated carbocycles. The minimum atomic E-state index is 0.766. The van der Waals surface area contributed by atoms with Crippen molar-refractivity contribution in [3.63, 3.8) is 0 Å². The zero-order valence-electron chi connectivity index (χ0n) is 19.3. The van der Waals surface area contributed by atoms with Gasteiger partial charge in [0.05, 0.1) is 12.3 Å². The molecular weight excluding hydrogens is 400 g/mol. The molecule has 0 aliphatic heterocycles. The standard InChI is InChI=1S/C27H36N2OS/c1-4-6-18-29(19-7-5-2)20-11-21-30-25-16-14-23(15-17-25)26-22(3)31-27(28-26)24-12-9-8-10-13-24/h8-10,12-17H,4-7,11,18-21H2,1-3H3. The smallest absolute Gasteiger partial charge is 0.124 e. The van der Waals surface area contributed by atoms with Crippen molar-refractivity contribution < 1.29 is 4.74 Å². The summed E-state index contributed by atoms with van der Waals surface area (Å²) in [6.45, 7) is 11.0. The highest BCUT2D eigenvalue weighted by atomic mass is 32.1. The third-order valence-corrected chi connectivity index (χ3v) is 6.51. The fourth-order valence-corrected chi connectivity index (χ4v) is 4.60. The van der Waals surface area contributed by atoms with Crippen LogP contribution >= 0.6 is 11.3 Å². The fraction of sp³-hybridized carbons (Fsp3) is 0.444. The predicted octanol–water partition coefficient (Wildman–Crippen LogP) is 7.46. The van der Waals surface area contributed by atoms with Gasteiger partial charge in [-0.25, -0.2) is 4.98 Å². The normalized spacial score (nSPS) is 11.2. The number of nitrogens with zero attached hydrogens (tertiary/aromatic N) is 2. The molecule has 31 heavy (non-hydrogen) atoms. The number of rotatable bonds is 13. The van der Waals surface area contributed by atoms with E-state index in [1.54, 1.807) is 11.3 Å². The minimum Gasteiger partial charge on any atom is -0.494 e. The summed E-state index contributed by atoms with van der Waals surface area (Å²) in [5.41, 5.74) is 3.39. The van der Waals surface area contributed by atoms with Crippen molar-refractivity contribution in [1.82, 2.24) is 9.88 Å². The molecule has 0 radical (unpaired) electrons. The lowest BCUT2D eigenvalue weighted by atomic mass is 10.1. The Labute approximate surface area is 192 Å². The number of thiazole rings is 1. The second-order valence-corrected chi connectivity index (χ2v) is 9.27. The van der Waals surface area contributed by atoms with Gasteiger partial charge in [0.2, 0.25) is 0 Å². The summed E-state index contributed by atoms with van der Waals surface area (Å²) in [4.78, 5) is 8.73. The maximum absolute atomic E-state index is 6.02. The molecule has 0 fully saturated rings. The molecule has 1 aromatic heterocycles. The first kappa shape index (κ1) is 23.5. The first-order chi connectivity index (χ1) is 15.2. The number of hydrogen-bond donors (Lipinski definition) is 0. The van der Waals surface area contributed by atoms with E-state index in [2.05, 4.69) is 74.2 Å². The number of benzene rings is 2. The van der Waals surface area contributed by atoms with Crippen molar-refractivity contribution in [2.24, 2.45) is 0 Å². The summed E-state index contributed by atoms with van der Waals surface area (Å²) >= 11 is 1.75. The molecule has 0 unspecified atom stereocenters. The van der Waals surface area contributed by atoms with Gasteiger partial charge < -0.3 is 9.64 Å². The van der Waals surface area contributed by atoms with Gasteiger partial charge >= 0.3 is 0 Å². The van der Waals surface area contributed by atoms with Crippen molar-refractivity contribution in [3.05, 3.63) is 59.5 Å². The Morgan fingerprint density at radius 2 is 1.45 bits per heavy atom. The van der Waals surface area contributed by atoms with Crippen LogP contribution in [0.4, 0.5) is 0 Å². The molecule has 1 heterocycles. The van der Waals surface area contributed by atoms with Gasteiger partial charge in [-0.05, 0) is 63.5 Å². The van der Waals surface area contributed by atoms with Gasteiger partial charge in [0.25, 0.3) is 0 Å². The monoisotopic (exact) mass is 436 g/mol. The van der Waals surface area contributed by atoms with Crippen LogP contribution < -0.4 is 4.74 Å². The van der Waals surface area contributed by atoms with Gasteiger partial charge in [-0.1, -0.05) is 57.0 Å². The van der Waals surface area contributed by atoms with Crippen LogP contribution in [-0.2, 0) is 0 Å². The third kappa shape index (κ3) is 7.19. The molecule has 3 aromatic rings. The largest absolute Gasteiger partial charge is 0.494 e. The molecule has 0 amide bonds. The SMILES string of the molecule is CCCCN(CCCC)CCCOc1ccc(-c2nc(-c3ccccc3)sc2C)cc1. The molecule has 3 nitrogen and oxygen atoms in total. The van der Waals surface area contributed by atoms with Crippen molar-refractivity contribution in [3.8, 4) is 27.6 Å². The van der Waals surface area contributed by atoms with Crippen LogP contribution in [0.2, 0.25) is 0 Å². The molecule has 0 aliphatic carbocycles. The molecule has 4 heteroatoms. The van der Waals surface area contributed by atoms with Crippen LogP contribution in [0.5, 0.6) is 5.75 Å². The number of aromatic nitrogens is 1. The molecule has 0 aliphatic rings. The Morgan fingerprint density at radius 1 is 0.806 bits per heavy atom. The van der Waals surface area contributed by atoms with Gasteiger partial charge in [-0.2, -0.15) is 0 Å². The molecule has 3 rings (SSSR count). The molecule has 0 saturated heterocycles. The van der Waals surface area contributed by atoms with Crippen molar-refractivity contribution in [1.29, 1.82) is 0 Å². The number of aryl methyl sites for hydroxylation is 1. The Kier molecular flexibility index (Phi) is 9.57. The van der Waals surface area contributed by atoms with E-state index in [4.69, 9.17) is 9.72 Å². The minimum absolute atomic E-state index is 0.766. The molecule has 0 spiro atoms. The number of hydrogen-bond acceptors (Lipinski definition) is 4. The lowest BCUT2D eigenvalue weighted by Gasteiger charge is -2.21. The van der Waals surface area contributed by atoms with Crippen LogP contribution in [0.25, 0.3) is 21.8 Å². The van der Waals surface area contributed by atoms with Crippen LogP contribution in [-0.4, -0.2) is 36.1 Å². The van der Waals surface area contributed by atoms with E-state index >= 15 is 0 Å². The fourth-order valence-electron chi connectivity index (χ4n) is 3.65. The van der Waals surface area contributed by atoms with Crippen molar-refractivity contribution in [2.45, 2.75) is 52.9 Å². The molecule has 0 bridgehead atoms. The first-order valence-electron chi connectivity index (χ1n) is 11.7. The van der Waals surface area contributed by atoms with E-state index in [0.29, 0.717) is 0 Å². The topological polar surface area (TPSA) is 25.4 Å². The van der Waals surface area contributed by atoms with Crippen LogP contribution in [0.1, 0.15) is 50.8 Å². The van der Waals surface area contributed by atoms with Gasteiger partial charge in [0.1, 0.15) is 10.8 Å². The summed E-state index contributed by atoms with van der Waals surface area (Å²) in [6, 6.07) is 18.8. The maximum Gasteiger partial charge on any atom is 0.124 e. The molecule has 2 aromatic carbocycles. The van der Waals surface area contributed by atoms with E-state index < -0.39 is 0 Å². The highest BCUT2D eigenvalue weighted by Crippen LogP contribution is 2.33. The quantitative estimate of drug-likeness (QED) is 0.260. The van der Waals surface area contributed by atoms with Crippen LogP contribution in [0.3, 0.4) is 0 Å². The number of unbranched alkanes of at least 4 members (excludes halogenated alkanes) is 2. The second-order valence-electron chi connectivity index (χ2n) is 8.06. The van der Waals surface area contributed by atoms with E-state index in [0.717, 1.165) is 41.6 Å². The van der Waals surface area contributed by atoms with Crippen LogP contribution in [0.15, 0.2) is 54.6 Å². The number of ether oxygens (including phenoxy) is 1. The summed E-state index contributed by atoms with van der Waals surface area (Å²) in [5.74, 6) is 0.939. The first-order valence-corrected chi connectivity index (χ1v) is 12.5. The van der Waals surface area contributed by atoms with Gasteiger partial charge in [-0.15, -0.1) is 11.3 Å². The van der Waals surface area contributed by atoms with Gasteiger partial charge in [0.15, 0.2) is 0 Å². The summed E-state index contributed by atoms with van der Waals surface area (Å²) in [7, 11) is 0. The Balaban J connectivity index is 1.52. The van der Waals surface area contributed by atoms with Gasteiger partial charge in [-0.3, -0.25) is 0 Å². The zero-order valence-corrected chi connectivity index (χ0v) is 20.1. The lowest BCUT2D eigenvalue weighted by molar-refractivity contribution is 0.229. The Hall–Kier alpha value is -2.17. The highest BCUT2D eigenvalue weighted by molar-refractivity contribution is 7.15. The average molecular weight is 437 g/mol. The second kappa shape index (κ2) is 12.6. The maximum atomic E-state index is 6.02. The zero-order chi connectivity index (χ0) is 21.9. The van der Waals surface area contributed by atoms with Gasteiger partial charge in [0, 0.05) is 22.5 Å². The Morgan fingerprint density at radius 3 is 2.10 bits per heavy atom. The van der Waals surface area contributed by atoms with E-state index in [1.165, 1.54) is 49.2 Å². The molecule has 0 N–H and O–H groups in total. The predicted molar refractivity (Wildman–Crippen MR) is 134 cm³/mol. The van der Waals surface area contributed by atoms with Crippen molar-refractivity contribution in [2.75, 3.05) is 26.2 Å². The van der Waals surface area contributed by atoms with Crippen LogP contribution in [0, 0.1) is 6.92 Å². The lowest BCUT2D eigenvalue weighted by Crippen LogP contribution is -2.28. The molecule has 166 valence electrons. The summed E-state index contributed by atoms with van der Waals surface area (Å²) in [5, 5.41) is 1.07. The van der Waals surface area contributed by atoms with E-state index in [1.807, 2.05) is 6.07 Å². The summed E-state index contributed by atoms with van der Waals surface area (Å²) in [6.07, 6.45) is 6.16.